The molecule has 0 spiro atoms. The van der Waals surface area contributed by atoms with Gasteiger partial charge in [0.25, 0.3) is 0 Å². The first-order chi connectivity index (χ1) is 11.1. The van der Waals surface area contributed by atoms with E-state index < -0.39 is 6.10 Å². The molecule has 0 aliphatic carbocycles. The zero-order valence-electron chi connectivity index (χ0n) is 13.4. The molecule has 0 radical (unpaired) electrons. The van der Waals surface area contributed by atoms with E-state index in [1.54, 1.807) is 19.2 Å². The quantitative estimate of drug-likeness (QED) is 0.812. The van der Waals surface area contributed by atoms with Crippen molar-refractivity contribution < 1.29 is 19.0 Å². The number of rotatable bonds is 8. The predicted molar refractivity (Wildman–Crippen MR) is 87.2 cm³/mol. The van der Waals surface area contributed by atoms with E-state index in [4.69, 9.17) is 9.47 Å². The van der Waals surface area contributed by atoms with Gasteiger partial charge >= 0.3 is 0 Å². The molecular formula is C18H22FNO3. The lowest BCUT2D eigenvalue weighted by molar-refractivity contribution is 0.0743. The predicted octanol–water partition coefficient (Wildman–Crippen LogP) is 2.71. The number of nitrogens with zero attached hydrogens (tertiary/aromatic N) is 1. The summed E-state index contributed by atoms with van der Waals surface area (Å²) >= 11 is 0. The normalized spacial score (nSPS) is 12.2. The first kappa shape index (κ1) is 17.2. The van der Waals surface area contributed by atoms with Gasteiger partial charge in [0.15, 0.2) is 0 Å². The molecule has 0 unspecified atom stereocenters. The lowest BCUT2D eigenvalue weighted by Crippen LogP contribution is -2.32. The van der Waals surface area contributed by atoms with Crippen molar-refractivity contribution in [1.29, 1.82) is 0 Å². The number of ether oxygens (including phenoxy) is 2. The topological polar surface area (TPSA) is 41.9 Å². The minimum absolute atomic E-state index is 0.161. The smallest absolute Gasteiger partial charge is 0.123 e. The van der Waals surface area contributed by atoms with E-state index in [0.717, 1.165) is 11.3 Å². The number of hydrogen-bond donors (Lipinski definition) is 1. The van der Waals surface area contributed by atoms with E-state index in [2.05, 4.69) is 0 Å². The Labute approximate surface area is 136 Å². The van der Waals surface area contributed by atoms with Gasteiger partial charge in [-0.3, -0.25) is 4.90 Å². The summed E-state index contributed by atoms with van der Waals surface area (Å²) < 4.78 is 23.4. The molecule has 1 N–H and O–H groups in total. The van der Waals surface area contributed by atoms with Crippen LogP contribution in [0.2, 0.25) is 0 Å². The zero-order chi connectivity index (χ0) is 16.7. The molecule has 2 rings (SSSR count). The standard InChI is InChI=1S/C18H22FNO3/c1-20(11-14-4-3-5-18(10-14)22-2)12-16(21)13-23-17-8-6-15(19)7-9-17/h3-10,16,21H,11-13H2,1-2H3/t16-/m0/s1. The van der Waals surface area contributed by atoms with Crippen molar-refractivity contribution >= 4 is 0 Å². The van der Waals surface area contributed by atoms with E-state index in [-0.39, 0.29) is 12.4 Å². The summed E-state index contributed by atoms with van der Waals surface area (Å²) in [5.41, 5.74) is 1.11. The fourth-order valence-corrected chi connectivity index (χ4v) is 2.28. The van der Waals surface area contributed by atoms with Crippen LogP contribution in [0.5, 0.6) is 11.5 Å². The van der Waals surface area contributed by atoms with Crippen molar-refractivity contribution in [3.8, 4) is 11.5 Å². The minimum Gasteiger partial charge on any atom is -0.497 e. The third kappa shape index (κ3) is 5.88. The average molecular weight is 319 g/mol. The van der Waals surface area contributed by atoms with Crippen LogP contribution in [0.15, 0.2) is 48.5 Å². The highest BCUT2D eigenvalue weighted by atomic mass is 19.1. The average Bonchev–Trinajstić information content (AvgIpc) is 2.54. The monoisotopic (exact) mass is 319 g/mol. The summed E-state index contributed by atoms with van der Waals surface area (Å²) in [6.45, 7) is 1.33. The van der Waals surface area contributed by atoms with Crippen molar-refractivity contribution in [2.75, 3.05) is 27.3 Å². The summed E-state index contributed by atoms with van der Waals surface area (Å²) in [6, 6.07) is 13.6. The second-order valence-corrected chi connectivity index (χ2v) is 5.47. The van der Waals surface area contributed by atoms with Crippen molar-refractivity contribution in [3.63, 3.8) is 0 Å². The van der Waals surface area contributed by atoms with E-state index in [1.807, 2.05) is 36.2 Å². The Balaban J connectivity index is 1.77. The van der Waals surface area contributed by atoms with Gasteiger partial charge in [-0.15, -0.1) is 0 Å². The highest BCUT2D eigenvalue weighted by molar-refractivity contribution is 5.28. The molecule has 2 aromatic rings. The number of likely N-dealkylation sites (N-methyl/N-ethyl adjacent to an activating group) is 1. The maximum atomic E-state index is 12.8. The molecule has 1 atom stereocenters. The minimum atomic E-state index is -0.629. The lowest BCUT2D eigenvalue weighted by Gasteiger charge is -2.21. The number of aliphatic hydroxyl groups excluding tert-OH is 1. The van der Waals surface area contributed by atoms with Gasteiger partial charge in [0, 0.05) is 13.1 Å². The third-order valence-corrected chi connectivity index (χ3v) is 3.37. The third-order valence-electron chi connectivity index (χ3n) is 3.37. The van der Waals surface area contributed by atoms with Crippen LogP contribution in [0.1, 0.15) is 5.56 Å². The Hall–Kier alpha value is -2.11. The number of benzene rings is 2. The molecule has 23 heavy (non-hydrogen) atoms. The molecule has 0 saturated carbocycles. The van der Waals surface area contributed by atoms with Crippen LogP contribution < -0.4 is 9.47 Å². The summed E-state index contributed by atoms with van der Waals surface area (Å²) in [4.78, 5) is 2.01. The number of aliphatic hydroxyl groups is 1. The zero-order valence-corrected chi connectivity index (χ0v) is 13.4. The largest absolute Gasteiger partial charge is 0.497 e. The Morgan fingerprint density at radius 3 is 2.57 bits per heavy atom. The highest BCUT2D eigenvalue weighted by Crippen LogP contribution is 2.14. The molecule has 0 aromatic heterocycles. The van der Waals surface area contributed by atoms with Crippen LogP contribution in [0.25, 0.3) is 0 Å². The maximum Gasteiger partial charge on any atom is 0.123 e. The van der Waals surface area contributed by atoms with E-state index in [0.29, 0.717) is 18.8 Å². The van der Waals surface area contributed by atoms with Crippen molar-refractivity contribution in [2.45, 2.75) is 12.6 Å². The van der Waals surface area contributed by atoms with Crippen molar-refractivity contribution in [1.82, 2.24) is 4.90 Å². The van der Waals surface area contributed by atoms with Crippen LogP contribution in [0, 0.1) is 5.82 Å². The molecule has 0 aliphatic rings. The molecular weight excluding hydrogens is 297 g/mol. The van der Waals surface area contributed by atoms with Gasteiger partial charge in [0.1, 0.15) is 30.0 Å². The van der Waals surface area contributed by atoms with E-state index >= 15 is 0 Å². The SMILES string of the molecule is COc1cccc(CN(C)C[C@H](O)COc2ccc(F)cc2)c1. The molecule has 0 saturated heterocycles. The van der Waals surface area contributed by atoms with Crippen LogP contribution in [0.3, 0.4) is 0 Å². The van der Waals surface area contributed by atoms with Gasteiger partial charge in [-0.25, -0.2) is 4.39 Å². The lowest BCUT2D eigenvalue weighted by atomic mass is 10.2. The van der Waals surface area contributed by atoms with Gasteiger partial charge in [-0.1, -0.05) is 12.1 Å². The van der Waals surface area contributed by atoms with E-state index in [9.17, 15) is 9.50 Å². The maximum absolute atomic E-state index is 12.8. The Bertz CT molecular complexity index is 603. The molecule has 4 nitrogen and oxygen atoms in total. The number of hydrogen-bond acceptors (Lipinski definition) is 4. The fraction of sp³-hybridized carbons (Fsp3) is 0.333. The summed E-state index contributed by atoms with van der Waals surface area (Å²) in [7, 11) is 3.57. The van der Waals surface area contributed by atoms with Gasteiger partial charge in [-0.05, 0) is 49.0 Å². The van der Waals surface area contributed by atoms with Crippen molar-refractivity contribution in [2.24, 2.45) is 0 Å². The first-order valence-electron chi connectivity index (χ1n) is 7.44. The summed E-state index contributed by atoms with van der Waals surface area (Å²) in [5, 5.41) is 10.0. The Morgan fingerprint density at radius 1 is 1.13 bits per heavy atom. The van der Waals surface area contributed by atoms with E-state index in [1.165, 1.54) is 12.1 Å². The van der Waals surface area contributed by atoms with Crippen LogP contribution >= 0.6 is 0 Å². The molecule has 0 heterocycles. The summed E-state index contributed by atoms with van der Waals surface area (Å²) in [6.07, 6.45) is -0.629. The Kier molecular flexibility index (Phi) is 6.38. The molecule has 124 valence electrons. The van der Waals surface area contributed by atoms with Crippen molar-refractivity contribution in [3.05, 3.63) is 59.9 Å². The van der Waals surface area contributed by atoms with Gasteiger partial charge in [-0.2, -0.15) is 0 Å². The molecule has 5 heteroatoms. The molecule has 0 fully saturated rings. The number of halogens is 1. The summed E-state index contributed by atoms with van der Waals surface area (Å²) in [5.74, 6) is 1.05. The van der Waals surface area contributed by atoms with Gasteiger partial charge in [0.2, 0.25) is 0 Å². The fourth-order valence-electron chi connectivity index (χ4n) is 2.28. The second kappa shape index (κ2) is 8.50. The number of methoxy groups -OCH3 is 1. The van der Waals surface area contributed by atoms with Gasteiger partial charge < -0.3 is 14.6 Å². The Morgan fingerprint density at radius 2 is 1.87 bits per heavy atom. The first-order valence-corrected chi connectivity index (χ1v) is 7.44. The second-order valence-electron chi connectivity index (χ2n) is 5.47. The molecule has 0 amide bonds. The molecule has 0 bridgehead atoms. The van der Waals surface area contributed by atoms with Crippen LogP contribution in [-0.2, 0) is 6.54 Å². The highest BCUT2D eigenvalue weighted by Gasteiger charge is 2.10. The molecule has 2 aromatic carbocycles. The van der Waals surface area contributed by atoms with Crippen LogP contribution in [0.4, 0.5) is 4.39 Å². The van der Waals surface area contributed by atoms with Crippen LogP contribution in [-0.4, -0.2) is 43.4 Å². The molecule has 0 aliphatic heterocycles. The van der Waals surface area contributed by atoms with Gasteiger partial charge in [0.05, 0.1) is 7.11 Å².